The Morgan fingerprint density at radius 2 is 0.780 bits per heavy atom. The van der Waals surface area contributed by atoms with Gasteiger partial charge in [0.2, 0.25) is 10.9 Å². The Kier molecular flexibility index (Phi) is 31.5. The molecule has 50 heavy (non-hydrogen) atoms. The maximum absolute atomic E-state index is 12.0. The molecule has 0 saturated carbocycles. The first kappa shape index (κ1) is 46.9. The van der Waals surface area contributed by atoms with Crippen LogP contribution in [0.1, 0.15) is 233 Å². The van der Waals surface area contributed by atoms with E-state index in [0.29, 0.717) is 17.7 Å². The second-order valence-corrected chi connectivity index (χ2v) is 16.2. The molecule has 1 aromatic carbocycles. The summed E-state index contributed by atoms with van der Waals surface area (Å²) >= 11 is 0. The summed E-state index contributed by atoms with van der Waals surface area (Å²) in [7, 11) is 0. The highest BCUT2D eigenvalue weighted by Crippen LogP contribution is 2.25. The fourth-order valence-corrected chi connectivity index (χ4v) is 8.16. The molecule has 0 unspecified atom stereocenters. The Hall–Kier alpha value is -1.16. The molecule has 0 spiro atoms. The van der Waals surface area contributed by atoms with E-state index in [-0.39, 0.29) is 10.9 Å². The topological polar surface area (TPSA) is 49.4 Å². The van der Waals surface area contributed by atoms with Gasteiger partial charge in [0.1, 0.15) is 0 Å². The zero-order valence-electron chi connectivity index (χ0n) is 34.7. The van der Waals surface area contributed by atoms with E-state index in [4.69, 9.17) is 0 Å². The molecule has 0 radical (unpaired) electrons. The third-order valence-electron chi connectivity index (χ3n) is 11.6. The molecule has 1 N–H and O–H groups in total. The number of nitrogens with one attached hydrogen (secondary N) is 1. The molecule has 0 heterocycles. The van der Waals surface area contributed by atoms with Crippen LogP contribution in [0.15, 0.2) is 9.59 Å². The van der Waals surface area contributed by atoms with Crippen LogP contribution in [0, 0.1) is 11.8 Å². The highest BCUT2D eigenvalue weighted by molar-refractivity contribution is 5.56. The second kappa shape index (κ2) is 33.7. The van der Waals surface area contributed by atoms with Gasteiger partial charge in [-0.15, -0.1) is 0 Å². The van der Waals surface area contributed by atoms with Crippen molar-refractivity contribution in [3.05, 3.63) is 26.0 Å². The lowest BCUT2D eigenvalue weighted by atomic mass is 9.90. The van der Waals surface area contributed by atoms with Crippen molar-refractivity contribution >= 4 is 5.69 Å². The lowest BCUT2D eigenvalue weighted by Crippen LogP contribution is -2.38. The van der Waals surface area contributed by atoms with E-state index in [0.717, 1.165) is 31.3 Å². The van der Waals surface area contributed by atoms with Crippen LogP contribution >= 0.6 is 0 Å². The molecule has 4 heteroatoms. The van der Waals surface area contributed by atoms with Gasteiger partial charge in [-0.3, -0.25) is 9.59 Å². The summed E-state index contributed by atoms with van der Waals surface area (Å²) in [5.74, 6) is 1.96. The molecule has 0 bridgehead atoms. The van der Waals surface area contributed by atoms with Crippen LogP contribution < -0.4 is 16.2 Å². The Morgan fingerprint density at radius 1 is 0.420 bits per heavy atom. The minimum Gasteiger partial charge on any atom is -0.381 e. The van der Waals surface area contributed by atoms with Crippen molar-refractivity contribution < 1.29 is 0 Å². The van der Waals surface area contributed by atoms with Crippen LogP contribution in [0.3, 0.4) is 0 Å². The predicted molar refractivity (Wildman–Crippen MR) is 224 cm³/mol. The molecule has 0 fully saturated rings. The van der Waals surface area contributed by atoms with Crippen molar-refractivity contribution in [2.24, 2.45) is 11.8 Å². The van der Waals surface area contributed by atoms with Gasteiger partial charge in [-0.2, -0.15) is 0 Å². The van der Waals surface area contributed by atoms with E-state index in [2.05, 4.69) is 37.9 Å². The number of anilines is 1. The molecule has 1 aromatic rings. The maximum atomic E-state index is 12.0. The first-order valence-corrected chi connectivity index (χ1v) is 22.8. The van der Waals surface area contributed by atoms with Crippen LogP contribution in [-0.2, 0) is 6.42 Å². The molecular formula is C46H88N2O2. The Balaban J connectivity index is 2.33. The zero-order chi connectivity index (χ0) is 36.5. The highest BCUT2D eigenvalue weighted by atomic mass is 16.2. The summed E-state index contributed by atoms with van der Waals surface area (Å²) < 4.78 is 0. The third kappa shape index (κ3) is 23.4. The quantitative estimate of drug-likeness (QED) is 0.0549. The molecule has 1 rings (SSSR count). The monoisotopic (exact) mass is 701 g/mol. The van der Waals surface area contributed by atoms with Crippen LogP contribution in [0.4, 0.5) is 5.69 Å². The van der Waals surface area contributed by atoms with Gasteiger partial charge < -0.3 is 10.2 Å². The van der Waals surface area contributed by atoms with E-state index in [1.165, 1.54) is 199 Å². The van der Waals surface area contributed by atoms with E-state index < -0.39 is 0 Å². The summed E-state index contributed by atoms with van der Waals surface area (Å²) in [6.45, 7) is 15.5. The number of hydrogen-bond acceptors (Lipinski definition) is 4. The minimum atomic E-state index is -0.310. The van der Waals surface area contributed by atoms with Crippen LogP contribution in [0.25, 0.3) is 0 Å². The van der Waals surface area contributed by atoms with Gasteiger partial charge in [-0.1, -0.05) is 208 Å². The first-order chi connectivity index (χ1) is 24.5. The van der Waals surface area contributed by atoms with Gasteiger partial charge in [0.05, 0.1) is 5.69 Å². The Morgan fingerprint density at radius 3 is 1.20 bits per heavy atom. The van der Waals surface area contributed by atoms with Crippen LogP contribution in [-0.4, -0.2) is 31.1 Å². The maximum Gasteiger partial charge on any atom is 0.249 e. The summed E-state index contributed by atoms with van der Waals surface area (Å²) in [6, 6.07) is 0. The van der Waals surface area contributed by atoms with Gasteiger partial charge in [0, 0.05) is 12.1 Å². The molecule has 0 aromatic heterocycles. The SMILES string of the molecule is CCCCCC(CCCCC)CCCCCCCCN(CCCCCCCCCC(CCCC)CCCC)CCCNc1c(CC)c(=O)c1=O. The first-order valence-electron chi connectivity index (χ1n) is 22.8. The van der Waals surface area contributed by atoms with Crippen molar-refractivity contribution in [1.29, 1.82) is 0 Å². The highest BCUT2D eigenvalue weighted by Gasteiger charge is 2.18. The minimum absolute atomic E-state index is 0.279. The average Bonchev–Trinajstić information content (AvgIpc) is 3.12. The fourth-order valence-electron chi connectivity index (χ4n) is 8.16. The third-order valence-corrected chi connectivity index (χ3v) is 11.6. The normalized spacial score (nSPS) is 12.0. The Bertz CT molecular complexity index is 917. The molecule has 4 nitrogen and oxygen atoms in total. The van der Waals surface area contributed by atoms with Crippen molar-refractivity contribution in [3.8, 4) is 0 Å². The van der Waals surface area contributed by atoms with Gasteiger partial charge in [0.25, 0.3) is 0 Å². The van der Waals surface area contributed by atoms with Crippen molar-refractivity contribution in [3.63, 3.8) is 0 Å². The van der Waals surface area contributed by atoms with Crippen molar-refractivity contribution in [2.75, 3.05) is 31.5 Å². The molecule has 0 amide bonds. The van der Waals surface area contributed by atoms with Gasteiger partial charge in [-0.05, 0) is 57.2 Å². The lowest BCUT2D eigenvalue weighted by molar-refractivity contribution is 0.259. The molecule has 0 aliphatic rings. The number of unbranched alkanes of at least 4 members (excludes halogenated alkanes) is 17. The fraction of sp³-hybridized carbons (Fsp3) is 0.913. The van der Waals surface area contributed by atoms with Crippen molar-refractivity contribution in [2.45, 2.75) is 234 Å². The molecular weight excluding hydrogens is 613 g/mol. The van der Waals surface area contributed by atoms with Crippen molar-refractivity contribution in [1.82, 2.24) is 4.90 Å². The summed E-state index contributed by atoms with van der Waals surface area (Å²) in [6.07, 6.45) is 42.4. The molecule has 0 aliphatic carbocycles. The van der Waals surface area contributed by atoms with Gasteiger partial charge >= 0.3 is 0 Å². The molecule has 294 valence electrons. The lowest BCUT2D eigenvalue weighted by Gasteiger charge is -2.23. The molecule has 0 saturated heterocycles. The van der Waals surface area contributed by atoms with Crippen LogP contribution in [0.2, 0.25) is 0 Å². The zero-order valence-corrected chi connectivity index (χ0v) is 34.7. The van der Waals surface area contributed by atoms with E-state index in [1.54, 1.807) is 0 Å². The predicted octanol–water partition coefficient (Wildman–Crippen LogP) is 13.6. The molecule has 0 aliphatic heterocycles. The number of hydrogen-bond donors (Lipinski definition) is 1. The average molecular weight is 701 g/mol. The Labute approximate surface area is 312 Å². The van der Waals surface area contributed by atoms with E-state index in [9.17, 15) is 9.59 Å². The smallest absolute Gasteiger partial charge is 0.249 e. The number of rotatable bonds is 39. The molecule has 0 atom stereocenters. The van der Waals surface area contributed by atoms with Crippen LogP contribution in [0.5, 0.6) is 0 Å². The van der Waals surface area contributed by atoms with Gasteiger partial charge in [-0.25, -0.2) is 0 Å². The van der Waals surface area contributed by atoms with Gasteiger partial charge in [0.15, 0.2) is 0 Å². The van der Waals surface area contributed by atoms with E-state index in [1.807, 2.05) is 6.92 Å². The summed E-state index contributed by atoms with van der Waals surface area (Å²) in [5.41, 5.74) is 0.700. The standard InChI is InChI=1S/C46H88N2O2/c1-6-11-24-33-42(34-25-12-7-2)36-27-21-17-19-23-29-39-48(40-30-37-47-44-43(10-5)45(49)46(44)50)38-28-22-18-15-16-20-26-35-41(31-13-8-3)32-14-9-4/h41-42,47H,6-40H2,1-5H3. The second-order valence-electron chi connectivity index (χ2n) is 16.2. The van der Waals surface area contributed by atoms with E-state index >= 15 is 0 Å². The summed E-state index contributed by atoms with van der Waals surface area (Å²) in [5, 5.41) is 3.30. The number of nitrogens with zero attached hydrogens (tertiary/aromatic N) is 1. The summed E-state index contributed by atoms with van der Waals surface area (Å²) in [4.78, 5) is 26.5. The largest absolute Gasteiger partial charge is 0.381 e.